The molecule has 1 aromatic heterocycles. The molecule has 0 radical (unpaired) electrons. The van der Waals surface area contributed by atoms with E-state index in [1.165, 1.54) is 12.8 Å². The van der Waals surface area contributed by atoms with Gasteiger partial charge in [0.1, 0.15) is 0 Å². The summed E-state index contributed by atoms with van der Waals surface area (Å²) in [6, 6.07) is 7.96. The molecule has 1 fully saturated rings. The van der Waals surface area contributed by atoms with Gasteiger partial charge in [-0.15, -0.1) is 0 Å². The van der Waals surface area contributed by atoms with Crippen molar-refractivity contribution < 1.29 is 4.79 Å². The van der Waals surface area contributed by atoms with Crippen LogP contribution in [0.2, 0.25) is 0 Å². The van der Waals surface area contributed by atoms with Gasteiger partial charge >= 0.3 is 0 Å². The number of carbonyl (C=O) groups is 1. The maximum Gasteiger partial charge on any atom is 0.253 e. The zero-order valence-electron chi connectivity index (χ0n) is 13.0. The van der Waals surface area contributed by atoms with Gasteiger partial charge in [-0.2, -0.15) is 0 Å². The van der Waals surface area contributed by atoms with Gasteiger partial charge in [-0.05, 0) is 41.8 Å². The van der Waals surface area contributed by atoms with Gasteiger partial charge in [0, 0.05) is 30.4 Å². The van der Waals surface area contributed by atoms with E-state index < -0.39 is 0 Å². The van der Waals surface area contributed by atoms with Crippen LogP contribution in [0.3, 0.4) is 0 Å². The topological polar surface area (TPSA) is 36.1 Å². The summed E-state index contributed by atoms with van der Waals surface area (Å²) in [6.07, 6.45) is 6.63. The number of carbonyl (C=O) groups excluding carboxylic acids is 1. The number of aromatic amines is 1. The third kappa shape index (κ3) is 2.57. The fraction of sp³-hybridized carbons (Fsp3) is 0.500. The summed E-state index contributed by atoms with van der Waals surface area (Å²) in [5.41, 5.74) is 2.29. The second-order valence-electron chi connectivity index (χ2n) is 6.28. The average molecular weight is 284 g/mol. The molecule has 3 nitrogen and oxygen atoms in total. The van der Waals surface area contributed by atoms with Gasteiger partial charge in [0.15, 0.2) is 0 Å². The van der Waals surface area contributed by atoms with Crippen molar-refractivity contribution in [3.63, 3.8) is 0 Å². The van der Waals surface area contributed by atoms with Crippen molar-refractivity contribution in [1.82, 2.24) is 9.88 Å². The lowest BCUT2D eigenvalue weighted by Crippen LogP contribution is -2.42. The van der Waals surface area contributed by atoms with Crippen molar-refractivity contribution in [3.05, 3.63) is 36.0 Å². The molecule has 0 atom stereocenters. The summed E-state index contributed by atoms with van der Waals surface area (Å²) in [6.45, 7) is 6.34. The van der Waals surface area contributed by atoms with Crippen molar-refractivity contribution in [2.24, 2.45) is 5.41 Å². The van der Waals surface area contributed by atoms with Crippen LogP contribution in [0.5, 0.6) is 0 Å². The Morgan fingerprint density at radius 2 is 1.90 bits per heavy atom. The molecule has 112 valence electrons. The molecule has 0 bridgehead atoms. The standard InChI is InChI=1S/C18H24N2O/c1-3-18(4-2)8-11-20(12-9-18)17(21)15-6-5-14-7-10-19-16(14)13-15/h5-7,10,13,19H,3-4,8-9,11-12H2,1-2H3. The molecular weight excluding hydrogens is 260 g/mol. The minimum Gasteiger partial charge on any atom is -0.361 e. The van der Waals surface area contributed by atoms with Crippen molar-refractivity contribution in [2.75, 3.05) is 13.1 Å². The third-order valence-electron chi connectivity index (χ3n) is 5.41. The zero-order valence-corrected chi connectivity index (χ0v) is 13.0. The number of benzene rings is 1. The Balaban J connectivity index is 1.74. The Hall–Kier alpha value is -1.77. The van der Waals surface area contributed by atoms with Gasteiger partial charge in [0.05, 0.1) is 0 Å². The Morgan fingerprint density at radius 3 is 2.57 bits per heavy atom. The number of H-pyrrole nitrogens is 1. The van der Waals surface area contributed by atoms with Gasteiger partial charge in [-0.25, -0.2) is 0 Å². The van der Waals surface area contributed by atoms with Crippen LogP contribution in [0.4, 0.5) is 0 Å². The van der Waals surface area contributed by atoms with E-state index in [9.17, 15) is 4.79 Å². The third-order valence-corrected chi connectivity index (χ3v) is 5.41. The molecule has 3 rings (SSSR count). The smallest absolute Gasteiger partial charge is 0.253 e. The normalized spacial score (nSPS) is 18.1. The van der Waals surface area contributed by atoms with Crippen molar-refractivity contribution in [3.8, 4) is 0 Å². The summed E-state index contributed by atoms with van der Waals surface area (Å²) in [5.74, 6) is 0.173. The van der Waals surface area contributed by atoms with Crippen LogP contribution in [0, 0.1) is 5.41 Å². The predicted octanol–water partition coefficient (Wildman–Crippen LogP) is 4.21. The zero-order chi connectivity index (χ0) is 14.9. The summed E-state index contributed by atoms with van der Waals surface area (Å²) in [5, 5.41) is 1.15. The van der Waals surface area contributed by atoms with Crippen LogP contribution in [-0.2, 0) is 0 Å². The first-order valence-corrected chi connectivity index (χ1v) is 8.04. The number of hydrogen-bond donors (Lipinski definition) is 1. The molecule has 1 saturated heterocycles. The maximum absolute atomic E-state index is 12.7. The highest BCUT2D eigenvalue weighted by atomic mass is 16.2. The van der Waals surface area contributed by atoms with Crippen LogP contribution in [0.15, 0.2) is 30.5 Å². The highest BCUT2D eigenvalue weighted by Gasteiger charge is 2.33. The van der Waals surface area contributed by atoms with Gasteiger partial charge in [-0.1, -0.05) is 32.8 Å². The Labute approximate surface area is 126 Å². The minimum atomic E-state index is 0.173. The average Bonchev–Trinajstić information content (AvgIpc) is 3.02. The summed E-state index contributed by atoms with van der Waals surface area (Å²) < 4.78 is 0. The number of aromatic nitrogens is 1. The number of hydrogen-bond acceptors (Lipinski definition) is 1. The Kier molecular flexibility index (Phi) is 3.75. The molecule has 1 N–H and O–H groups in total. The number of nitrogens with zero attached hydrogens (tertiary/aromatic N) is 1. The summed E-state index contributed by atoms with van der Waals surface area (Å²) >= 11 is 0. The molecule has 1 aliphatic heterocycles. The van der Waals surface area contributed by atoms with E-state index in [4.69, 9.17) is 0 Å². The largest absolute Gasteiger partial charge is 0.361 e. The number of amides is 1. The Morgan fingerprint density at radius 1 is 1.19 bits per heavy atom. The fourth-order valence-electron chi connectivity index (χ4n) is 3.50. The first-order valence-electron chi connectivity index (χ1n) is 8.04. The molecule has 0 aliphatic carbocycles. The number of nitrogens with one attached hydrogen (secondary N) is 1. The maximum atomic E-state index is 12.7. The first kappa shape index (κ1) is 14.2. The van der Waals surface area contributed by atoms with E-state index in [0.717, 1.165) is 42.4 Å². The second-order valence-corrected chi connectivity index (χ2v) is 6.28. The lowest BCUT2D eigenvalue weighted by molar-refractivity contribution is 0.0558. The van der Waals surface area contributed by atoms with Crippen LogP contribution in [0.25, 0.3) is 10.9 Å². The molecule has 0 unspecified atom stereocenters. The van der Waals surface area contributed by atoms with E-state index in [0.29, 0.717) is 5.41 Å². The number of likely N-dealkylation sites (tertiary alicyclic amines) is 1. The SMILES string of the molecule is CCC1(CC)CCN(C(=O)c2ccc3cc[nH]c3c2)CC1. The Bertz CT molecular complexity index is 629. The van der Waals surface area contributed by atoms with Gasteiger partial charge < -0.3 is 9.88 Å². The minimum absolute atomic E-state index is 0.173. The number of piperidine rings is 1. The highest BCUT2D eigenvalue weighted by Crippen LogP contribution is 2.38. The molecule has 1 aromatic carbocycles. The molecule has 1 amide bonds. The van der Waals surface area contributed by atoms with Crippen LogP contribution < -0.4 is 0 Å². The molecular formula is C18H24N2O. The van der Waals surface area contributed by atoms with Gasteiger partial charge in [0.2, 0.25) is 0 Å². The molecule has 0 spiro atoms. The summed E-state index contributed by atoms with van der Waals surface area (Å²) in [4.78, 5) is 17.9. The van der Waals surface area contributed by atoms with Gasteiger partial charge in [-0.3, -0.25) is 4.79 Å². The van der Waals surface area contributed by atoms with E-state index in [-0.39, 0.29) is 5.91 Å². The van der Waals surface area contributed by atoms with Crippen LogP contribution >= 0.6 is 0 Å². The van der Waals surface area contributed by atoms with Crippen LogP contribution in [0.1, 0.15) is 49.9 Å². The monoisotopic (exact) mass is 284 g/mol. The molecule has 3 heteroatoms. The van der Waals surface area contributed by atoms with Gasteiger partial charge in [0.25, 0.3) is 5.91 Å². The highest BCUT2D eigenvalue weighted by molar-refractivity contribution is 5.98. The number of fused-ring (bicyclic) bond motifs is 1. The number of rotatable bonds is 3. The van der Waals surface area contributed by atoms with E-state index in [2.05, 4.69) is 18.8 Å². The van der Waals surface area contributed by atoms with E-state index in [1.54, 1.807) is 0 Å². The molecule has 0 saturated carbocycles. The van der Waals surface area contributed by atoms with Crippen molar-refractivity contribution in [2.45, 2.75) is 39.5 Å². The first-order chi connectivity index (χ1) is 10.2. The van der Waals surface area contributed by atoms with Crippen molar-refractivity contribution >= 4 is 16.8 Å². The second kappa shape index (κ2) is 5.55. The fourth-order valence-corrected chi connectivity index (χ4v) is 3.50. The van der Waals surface area contributed by atoms with Crippen molar-refractivity contribution in [1.29, 1.82) is 0 Å². The van der Waals surface area contributed by atoms with E-state index >= 15 is 0 Å². The molecule has 2 aromatic rings. The lowest BCUT2D eigenvalue weighted by Gasteiger charge is -2.41. The predicted molar refractivity (Wildman–Crippen MR) is 86.5 cm³/mol. The molecule has 1 aliphatic rings. The summed E-state index contributed by atoms with van der Waals surface area (Å²) in [7, 11) is 0. The lowest BCUT2D eigenvalue weighted by atomic mass is 9.74. The molecule has 2 heterocycles. The molecule has 21 heavy (non-hydrogen) atoms. The van der Waals surface area contributed by atoms with E-state index in [1.807, 2.05) is 35.4 Å². The van der Waals surface area contributed by atoms with Crippen LogP contribution in [-0.4, -0.2) is 28.9 Å². The quantitative estimate of drug-likeness (QED) is 0.900.